The van der Waals surface area contributed by atoms with Crippen LogP contribution in [0.3, 0.4) is 0 Å². The third-order valence-corrected chi connectivity index (χ3v) is 3.11. The van der Waals surface area contributed by atoms with Crippen LogP contribution in [0.2, 0.25) is 0 Å². The third-order valence-electron chi connectivity index (χ3n) is 1.77. The molecule has 0 aliphatic rings. The van der Waals surface area contributed by atoms with E-state index in [4.69, 9.17) is 5.11 Å². The number of carbonyl (C=O) groups is 1. The fourth-order valence-electron chi connectivity index (χ4n) is 1.04. The van der Waals surface area contributed by atoms with Crippen LogP contribution in [0.5, 0.6) is 0 Å². The molecule has 1 aromatic rings. The molecular weight excluding hydrogens is 307 g/mol. The summed E-state index contributed by atoms with van der Waals surface area (Å²) in [5.41, 5.74) is 0. The minimum absolute atomic E-state index is 0.0631. The molecule has 12 heteroatoms. The van der Waals surface area contributed by atoms with Gasteiger partial charge in [-0.25, -0.2) is 9.78 Å². The molecule has 0 amide bonds. The van der Waals surface area contributed by atoms with Gasteiger partial charge in [0.1, 0.15) is 12.6 Å². The molecule has 0 unspecified atom stereocenters. The number of rotatable bonds is 10. The summed E-state index contributed by atoms with van der Waals surface area (Å²) in [6.45, 7) is 3.55. The zero-order chi connectivity index (χ0) is 15.7. The van der Waals surface area contributed by atoms with Crippen molar-refractivity contribution in [3.05, 3.63) is 11.6 Å². The van der Waals surface area contributed by atoms with E-state index in [0.29, 0.717) is 0 Å². The average Bonchev–Trinajstić information content (AvgIpc) is 2.45. The maximum Gasteiger partial charge on any atom is 0.391 e. The lowest BCUT2D eigenvalue weighted by Crippen LogP contribution is -2.11. The summed E-state index contributed by atoms with van der Waals surface area (Å²) in [5, 5.41) is 22.9. The van der Waals surface area contributed by atoms with E-state index in [2.05, 4.69) is 39.5 Å². The molecule has 0 fully saturated rings. The molecule has 0 aromatic carbocycles. The highest BCUT2D eigenvalue weighted by Gasteiger charge is 2.30. The summed E-state index contributed by atoms with van der Waals surface area (Å²) >= 11 is 0. The zero-order valence-corrected chi connectivity index (χ0v) is 12.4. The molecule has 1 N–H and O–H groups in total. The van der Waals surface area contributed by atoms with Gasteiger partial charge in [-0.05, 0) is 13.8 Å². The fraction of sp³-hybridized carbons (Fsp3) is 0.667. The van der Waals surface area contributed by atoms with Crippen LogP contribution in [0.15, 0.2) is 0 Å². The van der Waals surface area contributed by atoms with E-state index >= 15 is 0 Å². The maximum atomic E-state index is 12.2. The Balaban J connectivity index is 2.73. The largest absolute Gasteiger partial charge is 0.481 e. The summed E-state index contributed by atoms with van der Waals surface area (Å²) in [5.74, 6) is -1.25. The van der Waals surface area contributed by atoms with Crippen molar-refractivity contribution in [2.75, 3.05) is 13.2 Å². The summed E-state index contributed by atoms with van der Waals surface area (Å²) in [7, 11) is -3.78. The second-order valence-corrected chi connectivity index (χ2v) is 5.37. The van der Waals surface area contributed by atoms with Gasteiger partial charge in [-0.3, -0.25) is 9.36 Å². The number of hydrogen-bond donors (Lipinski definition) is 1. The Kier molecular flexibility index (Phi) is 7.26. The van der Waals surface area contributed by atoms with E-state index in [1.54, 1.807) is 13.8 Å². The number of nitrogens with zero attached hydrogens (tertiary/aromatic N) is 4. The third kappa shape index (κ3) is 6.65. The van der Waals surface area contributed by atoms with Crippen LogP contribution < -0.4 is 0 Å². The van der Waals surface area contributed by atoms with Gasteiger partial charge in [0.2, 0.25) is 0 Å². The first-order valence-corrected chi connectivity index (χ1v) is 7.70. The molecule has 1 rings (SSSR count). The second-order valence-electron chi connectivity index (χ2n) is 3.53. The van der Waals surface area contributed by atoms with Gasteiger partial charge in [0.25, 0.3) is 0 Å². The van der Waals surface area contributed by atoms with E-state index in [1.807, 2.05) is 0 Å². The van der Waals surface area contributed by atoms with Crippen molar-refractivity contribution >= 4 is 13.6 Å². The van der Waals surface area contributed by atoms with Gasteiger partial charge >= 0.3 is 13.6 Å². The number of carboxylic acid groups (broad SMARTS) is 1. The lowest BCUT2D eigenvalue weighted by atomic mass is 10.4. The van der Waals surface area contributed by atoms with Crippen molar-refractivity contribution in [3.8, 4) is 0 Å². The lowest BCUT2D eigenvalue weighted by molar-refractivity contribution is -0.263. The Morgan fingerprint density at radius 1 is 1.05 bits per heavy atom. The van der Waals surface area contributed by atoms with E-state index in [9.17, 15) is 9.36 Å². The summed E-state index contributed by atoms with van der Waals surface area (Å²) in [4.78, 5) is 19.7. The lowest BCUT2D eigenvalue weighted by Gasteiger charge is -2.13. The fourth-order valence-corrected chi connectivity index (χ4v) is 2.18. The number of carboxylic acids is 1. The van der Waals surface area contributed by atoms with Crippen molar-refractivity contribution in [3.63, 3.8) is 0 Å². The van der Waals surface area contributed by atoms with E-state index in [0.717, 1.165) is 0 Å². The van der Waals surface area contributed by atoms with E-state index < -0.39 is 20.0 Å². The Morgan fingerprint density at radius 3 is 1.95 bits per heavy atom. The van der Waals surface area contributed by atoms with Crippen LogP contribution in [0.1, 0.15) is 25.5 Å². The predicted octanol–water partition coefficient (Wildman–Crippen LogP) is 0.523. The highest BCUT2D eigenvalue weighted by molar-refractivity contribution is 7.52. The zero-order valence-electron chi connectivity index (χ0n) is 11.5. The highest BCUT2D eigenvalue weighted by atomic mass is 31.2. The SMILES string of the molecule is CCOOP(=O)(Cc1nnc(CC(=O)O)nn1)OOCC. The molecule has 0 saturated carbocycles. The smallest absolute Gasteiger partial charge is 0.391 e. The van der Waals surface area contributed by atoms with Crippen molar-refractivity contribution in [1.82, 2.24) is 20.4 Å². The van der Waals surface area contributed by atoms with Crippen LogP contribution in [0.25, 0.3) is 0 Å². The highest BCUT2D eigenvalue weighted by Crippen LogP contribution is 2.51. The number of aliphatic carboxylic acids is 1. The van der Waals surface area contributed by atoms with E-state index in [-0.39, 0.29) is 31.0 Å². The first kappa shape index (κ1) is 17.5. The molecule has 0 radical (unpaired) electrons. The maximum absolute atomic E-state index is 12.2. The molecule has 1 aromatic heterocycles. The van der Waals surface area contributed by atoms with Crippen LogP contribution in [-0.2, 0) is 41.1 Å². The van der Waals surface area contributed by atoms with Gasteiger partial charge < -0.3 is 5.11 Å². The number of aromatic nitrogens is 4. The van der Waals surface area contributed by atoms with Crippen LogP contribution in [0, 0.1) is 0 Å². The monoisotopic (exact) mass is 322 g/mol. The molecular formula is C9H15N4O7P. The topological polar surface area (TPSA) is 143 Å². The predicted molar refractivity (Wildman–Crippen MR) is 65.7 cm³/mol. The first-order valence-electron chi connectivity index (χ1n) is 5.97. The Bertz CT molecular complexity index is 485. The molecule has 0 spiro atoms. The molecule has 0 atom stereocenters. The second kappa shape index (κ2) is 8.70. The Hall–Kier alpha value is -1.52. The van der Waals surface area contributed by atoms with Crippen molar-refractivity contribution in [2.45, 2.75) is 26.4 Å². The van der Waals surface area contributed by atoms with Crippen LogP contribution >= 0.6 is 7.60 Å². The van der Waals surface area contributed by atoms with Gasteiger partial charge in [0.05, 0.1) is 13.2 Å². The molecule has 21 heavy (non-hydrogen) atoms. The molecule has 11 nitrogen and oxygen atoms in total. The van der Waals surface area contributed by atoms with E-state index in [1.165, 1.54) is 0 Å². The average molecular weight is 322 g/mol. The summed E-state index contributed by atoms with van der Waals surface area (Å²) in [6.07, 6.45) is -0.802. The van der Waals surface area contributed by atoms with Gasteiger partial charge in [-0.1, -0.05) is 0 Å². The van der Waals surface area contributed by atoms with Crippen LogP contribution in [0.4, 0.5) is 0 Å². The van der Waals surface area contributed by atoms with Gasteiger partial charge in [0, 0.05) is 0 Å². The van der Waals surface area contributed by atoms with Crippen LogP contribution in [-0.4, -0.2) is 44.7 Å². The molecule has 0 saturated heterocycles. The molecule has 0 bridgehead atoms. The minimum Gasteiger partial charge on any atom is -0.481 e. The Labute approximate surface area is 120 Å². The Morgan fingerprint density at radius 2 is 1.52 bits per heavy atom. The standard InChI is InChI=1S/C9H15N4O7P/c1-3-17-19-21(16,20-18-4-2)6-8-12-10-7(11-13-8)5-9(14)15/h3-6H2,1-2H3,(H,14,15). The number of hydrogen-bond acceptors (Lipinski definition) is 10. The van der Waals surface area contributed by atoms with Crippen molar-refractivity contribution < 1.29 is 33.6 Å². The van der Waals surface area contributed by atoms with Crippen molar-refractivity contribution in [1.29, 1.82) is 0 Å². The van der Waals surface area contributed by atoms with Crippen molar-refractivity contribution in [2.24, 2.45) is 0 Å². The van der Waals surface area contributed by atoms with Gasteiger partial charge in [0.15, 0.2) is 11.6 Å². The molecule has 118 valence electrons. The normalized spacial score (nSPS) is 11.5. The molecule has 0 aliphatic heterocycles. The van der Waals surface area contributed by atoms with Gasteiger partial charge in [-0.2, -0.15) is 0 Å². The molecule has 0 aliphatic carbocycles. The summed E-state index contributed by atoms with van der Waals surface area (Å²) in [6, 6.07) is 0. The summed E-state index contributed by atoms with van der Waals surface area (Å²) < 4.78 is 21.6. The quantitative estimate of drug-likeness (QED) is 0.366. The first-order chi connectivity index (χ1) is 9.99. The van der Waals surface area contributed by atoms with Gasteiger partial charge in [-0.15, -0.1) is 29.7 Å². The minimum atomic E-state index is -3.78. The molecule has 1 heterocycles.